The first-order valence-corrected chi connectivity index (χ1v) is 6.26. The summed E-state index contributed by atoms with van der Waals surface area (Å²) in [6.45, 7) is 7.07. The summed E-state index contributed by atoms with van der Waals surface area (Å²) >= 11 is 0. The number of rotatable bonds is 4. The molecule has 2 rings (SSSR count). The largest absolute Gasteiger partial charge is 0.343 e. The Hall–Kier alpha value is -1.35. The van der Waals surface area contributed by atoms with E-state index in [0.29, 0.717) is 5.92 Å². The van der Waals surface area contributed by atoms with Gasteiger partial charge < -0.3 is 4.90 Å². The summed E-state index contributed by atoms with van der Waals surface area (Å²) in [5, 5.41) is 0. The zero-order valence-electron chi connectivity index (χ0n) is 10.4. The van der Waals surface area contributed by atoms with E-state index in [0.717, 1.165) is 39.1 Å². The molecule has 1 fully saturated rings. The predicted octanol–water partition coefficient (Wildman–Crippen LogP) is 1.56. The highest BCUT2D eigenvalue weighted by molar-refractivity contribution is 5.47. The van der Waals surface area contributed by atoms with E-state index in [2.05, 4.69) is 42.2 Å². The fraction of sp³-hybridized carbons (Fsp3) is 0.500. The second kappa shape index (κ2) is 5.82. The summed E-state index contributed by atoms with van der Waals surface area (Å²) in [6.07, 6.45) is 0.956. The second-order valence-corrected chi connectivity index (χ2v) is 4.75. The van der Waals surface area contributed by atoms with E-state index in [4.69, 9.17) is 0 Å². The molecule has 92 valence electrons. The molecule has 0 radical (unpaired) electrons. The van der Waals surface area contributed by atoms with Crippen molar-refractivity contribution in [2.75, 3.05) is 32.7 Å². The fourth-order valence-electron chi connectivity index (χ4n) is 2.33. The maximum Gasteiger partial charge on any atom is 0.209 e. The van der Waals surface area contributed by atoms with Crippen LogP contribution in [0, 0.1) is 0 Å². The quantitative estimate of drug-likeness (QED) is 0.736. The Morgan fingerprint density at radius 1 is 1.18 bits per heavy atom. The molecule has 1 aromatic rings. The van der Waals surface area contributed by atoms with Crippen LogP contribution in [0.15, 0.2) is 30.3 Å². The summed E-state index contributed by atoms with van der Waals surface area (Å²) in [5.41, 5.74) is 1.39. The van der Waals surface area contributed by atoms with E-state index in [1.54, 1.807) is 0 Å². The van der Waals surface area contributed by atoms with Crippen LogP contribution in [0.5, 0.6) is 0 Å². The van der Waals surface area contributed by atoms with Gasteiger partial charge in [-0.15, -0.1) is 0 Å². The minimum absolute atomic E-state index is 0.555. The first-order chi connectivity index (χ1) is 8.29. The van der Waals surface area contributed by atoms with Gasteiger partial charge in [-0.1, -0.05) is 37.3 Å². The van der Waals surface area contributed by atoms with Gasteiger partial charge in [0.05, 0.1) is 0 Å². The molecule has 3 nitrogen and oxygen atoms in total. The highest BCUT2D eigenvalue weighted by Gasteiger charge is 2.17. The molecule has 1 amide bonds. The molecule has 0 saturated carbocycles. The number of benzene rings is 1. The number of nitrogens with zero attached hydrogens (tertiary/aromatic N) is 2. The molecule has 1 unspecified atom stereocenters. The molecule has 0 aliphatic carbocycles. The van der Waals surface area contributed by atoms with Crippen molar-refractivity contribution < 1.29 is 4.79 Å². The van der Waals surface area contributed by atoms with Crippen LogP contribution in [-0.2, 0) is 4.79 Å². The van der Waals surface area contributed by atoms with Gasteiger partial charge in [0.15, 0.2) is 0 Å². The topological polar surface area (TPSA) is 23.6 Å². The minimum atomic E-state index is 0.555. The highest BCUT2D eigenvalue weighted by Crippen LogP contribution is 2.16. The number of piperazine rings is 1. The van der Waals surface area contributed by atoms with Crippen molar-refractivity contribution in [1.82, 2.24) is 9.80 Å². The Balaban J connectivity index is 1.84. The molecule has 0 spiro atoms. The lowest BCUT2D eigenvalue weighted by Gasteiger charge is -2.34. The van der Waals surface area contributed by atoms with Crippen LogP contribution in [0.1, 0.15) is 18.4 Å². The van der Waals surface area contributed by atoms with Gasteiger partial charge in [0.25, 0.3) is 0 Å². The van der Waals surface area contributed by atoms with Crippen molar-refractivity contribution in [1.29, 1.82) is 0 Å². The summed E-state index contributed by atoms with van der Waals surface area (Å²) in [7, 11) is 0. The SMILES string of the molecule is CC(CN1CCN(C=O)CC1)c1ccccc1. The van der Waals surface area contributed by atoms with Crippen molar-refractivity contribution in [3.63, 3.8) is 0 Å². The van der Waals surface area contributed by atoms with Gasteiger partial charge in [-0.2, -0.15) is 0 Å². The van der Waals surface area contributed by atoms with E-state index in [1.807, 2.05) is 4.90 Å². The van der Waals surface area contributed by atoms with E-state index >= 15 is 0 Å². The lowest BCUT2D eigenvalue weighted by Crippen LogP contribution is -2.46. The maximum atomic E-state index is 10.6. The van der Waals surface area contributed by atoms with E-state index in [1.165, 1.54) is 5.56 Å². The van der Waals surface area contributed by atoms with Crippen LogP contribution in [0.3, 0.4) is 0 Å². The fourth-order valence-corrected chi connectivity index (χ4v) is 2.33. The zero-order chi connectivity index (χ0) is 12.1. The van der Waals surface area contributed by atoms with E-state index < -0.39 is 0 Å². The Morgan fingerprint density at radius 3 is 2.41 bits per heavy atom. The summed E-state index contributed by atoms with van der Waals surface area (Å²) in [6, 6.07) is 10.6. The molecule has 1 atom stereocenters. The van der Waals surface area contributed by atoms with Crippen molar-refractivity contribution in [3.05, 3.63) is 35.9 Å². The molecule has 17 heavy (non-hydrogen) atoms. The van der Waals surface area contributed by atoms with Gasteiger partial charge in [-0.3, -0.25) is 9.69 Å². The standard InChI is InChI=1S/C14H20N2O/c1-13(14-5-3-2-4-6-14)11-15-7-9-16(12-17)10-8-15/h2-6,12-13H,7-11H2,1H3. The predicted molar refractivity (Wildman–Crippen MR) is 68.9 cm³/mol. The van der Waals surface area contributed by atoms with Gasteiger partial charge in [-0.25, -0.2) is 0 Å². The van der Waals surface area contributed by atoms with Gasteiger partial charge in [0.1, 0.15) is 0 Å². The molecule has 1 aliphatic heterocycles. The molecule has 0 bridgehead atoms. The molecular formula is C14H20N2O. The second-order valence-electron chi connectivity index (χ2n) is 4.75. The number of hydrogen-bond acceptors (Lipinski definition) is 2. The van der Waals surface area contributed by atoms with Crippen LogP contribution in [0.25, 0.3) is 0 Å². The molecule has 0 aromatic heterocycles. The smallest absolute Gasteiger partial charge is 0.209 e. The normalized spacial score (nSPS) is 19.0. The first-order valence-electron chi connectivity index (χ1n) is 6.26. The van der Waals surface area contributed by atoms with Crippen molar-refractivity contribution in [2.24, 2.45) is 0 Å². The van der Waals surface area contributed by atoms with Crippen LogP contribution in [-0.4, -0.2) is 48.9 Å². The van der Waals surface area contributed by atoms with Crippen LogP contribution in [0.2, 0.25) is 0 Å². The van der Waals surface area contributed by atoms with Crippen LogP contribution < -0.4 is 0 Å². The number of carbonyl (C=O) groups is 1. The van der Waals surface area contributed by atoms with Crippen molar-refractivity contribution in [3.8, 4) is 0 Å². The summed E-state index contributed by atoms with van der Waals surface area (Å²) < 4.78 is 0. The Labute approximate surface area is 103 Å². The third kappa shape index (κ3) is 3.30. The molecule has 1 saturated heterocycles. The lowest BCUT2D eigenvalue weighted by atomic mass is 10.0. The lowest BCUT2D eigenvalue weighted by molar-refractivity contribution is -0.119. The average molecular weight is 232 g/mol. The van der Waals surface area contributed by atoms with Gasteiger partial charge in [-0.05, 0) is 11.5 Å². The molecular weight excluding hydrogens is 212 g/mol. The molecule has 0 N–H and O–H groups in total. The van der Waals surface area contributed by atoms with E-state index in [9.17, 15) is 4.79 Å². The Morgan fingerprint density at radius 2 is 1.82 bits per heavy atom. The first kappa shape index (κ1) is 12.1. The van der Waals surface area contributed by atoms with Crippen LogP contribution in [0.4, 0.5) is 0 Å². The van der Waals surface area contributed by atoms with Crippen LogP contribution >= 0.6 is 0 Å². The molecule has 1 aromatic carbocycles. The Bertz CT molecular complexity index is 344. The highest BCUT2D eigenvalue weighted by atomic mass is 16.1. The summed E-state index contributed by atoms with van der Waals surface area (Å²) in [4.78, 5) is 14.9. The van der Waals surface area contributed by atoms with Crippen molar-refractivity contribution >= 4 is 6.41 Å². The Kier molecular flexibility index (Phi) is 4.15. The maximum absolute atomic E-state index is 10.6. The molecule has 1 heterocycles. The zero-order valence-corrected chi connectivity index (χ0v) is 10.4. The number of amides is 1. The van der Waals surface area contributed by atoms with Gasteiger partial charge in [0, 0.05) is 32.7 Å². The number of hydrogen-bond donors (Lipinski definition) is 0. The van der Waals surface area contributed by atoms with E-state index in [-0.39, 0.29) is 0 Å². The molecule has 1 aliphatic rings. The average Bonchev–Trinajstić information content (AvgIpc) is 2.40. The number of carbonyl (C=O) groups excluding carboxylic acids is 1. The van der Waals surface area contributed by atoms with Gasteiger partial charge in [0.2, 0.25) is 6.41 Å². The van der Waals surface area contributed by atoms with Gasteiger partial charge >= 0.3 is 0 Å². The third-order valence-electron chi connectivity index (χ3n) is 3.46. The minimum Gasteiger partial charge on any atom is -0.343 e. The van der Waals surface area contributed by atoms with Crippen molar-refractivity contribution in [2.45, 2.75) is 12.8 Å². The third-order valence-corrected chi connectivity index (χ3v) is 3.46. The summed E-state index contributed by atoms with van der Waals surface area (Å²) in [5.74, 6) is 0.555. The molecule has 3 heteroatoms. The monoisotopic (exact) mass is 232 g/mol.